The lowest BCUT2D eigenvalue weighted by Crippen LogP contribution is -2.36. The third-order valence-corrected chi connectivity index (χ3v) is 4.19. The van der Waals surface area contributed by atoms with Crippen LogP contribution in [0.15, 0.2) is 0 Å². The van der Waals surface area contributed by atoms with E-state index < -0.39 is 0 Å². The minimum absolute atomic E-state index is 0. The zero-order chi connectivity index (χ0) is 15.8. The highest BCUT2D eigenvalue weighted by Gasteiger charge is 2.06. The molecule has 0 aliphatic carbocycles. The Morgan fingerprint density at radius 3 is 1.18 bits per heavy atom. The van der Waals surface area contributed by atoms with Crippen LogP contribution in [-0.4, -0.2) is 17.6 Å². The number of rotatable bonds is 15. The topological polar surface area (TPSA) is 43.5 Å². The Bertz CT molecular complexity index is 198. The standard InChI is InChI=1S/C20H43N.H2O/c1-5-6-7-8-9-10-11-12-13-14-15-16-17-18-19-21-20(2,3)4;/h21H,5-19H2,1-4H3;1H2. The van der Waals surface area contributed by atoms with Gasteiger partial charge < -0.3 is 10.8 Å². The molecule has 0 aliphatic heterocycles. The van der Waals surface area contributed by atoms with Crippen LogP contribution in [0.5, 0.6) is 0 Å². The van der Waals surface area contributed by atoms with Crippen LogP contribution in [0.2, 0.25) is 0 Å². The van der Waals surface area contributed by atoms with Crippen molar-refractivity contribution in [2.75, 3.05) is 6.54 Å². The van der Waals surface area contributed by atoms with Crippen molar-refractivity contribution < 1.29 is 5.48 Å². The van der Waals surface area contributed by atoms with Gasteiger partial charge in [0.1, 0.15) is 0 Å². The van der Waals surface area contributed by atoms with Crippen LogP contribution in [0.3, 0.4) is 0 Å². The maximum atomic E-state index is 3.57. The molecule has 0 aromatic carbocycles. The summed E-state index contributed by atoms with van der Waals surface area (Å²) in [5.41, 5.74) is 0.288. The Morgan fingerprint density at radius 2 is 0.864 bits per heavy atom. The van der Waals surface area contributed by atoms with E-state index in [1.807, 2.05) is 0 Å². The van der Waals surface area contributed by atoms with Crippen LogP contribution < -0.4 is 5.32 Å². The lowest BCUT2D eigenvalue weighted by Gasteiger charge is -2.20. The van der Waals surface area contributed by atoms with Gasteiger partial charge in [-0.05, 0) is 33.7 Å². The molecule has 0 aliphatic rings. The van der Waals surface area contributed by atoms with Crippen LogP contribution in [-0.2, 0) is 0 Å². The first-order valence-corrected chi connectivity index (χ1v) is 9.81. The fourth-order valence-electron chi connectivity index (χ4n) is 2.78. The van der Waals surface area contributed by atoms with Crippen molar-refractivity contribution in [1.29, 1.82) is 0 Å². The third-order valence-electron chi connectivity index (χ3n) is 4.19. The van der Waals surface area contributed by atoms with Gasteiger partial charge in [0.25, 0.3) is 0 Å². The molecule has 0 saturated heterocycles. The highest BCUT2D eigenvalue weighted by molar-refractivity contribution is 4.69. The number of unbranched alkanes of at least 4 members (excludes halogenated alkanes) is 13. The summed E-state index contributed by atoms with van der Waals surface area (Å²) in [6.45, 7) is 10.2. The van der Waals surface area contributed by atoms with E-state index in [0.29, 0.717) is 0 Å². The largest absolute Gasteiger partial charge is 0.412 e. The van der Waals surface area contributed by atoms with E-state index in [4.69, 9.17) is 0 Å². The fraction of sp³-hybridized carbons (Fsp3) is 1.00. The first-order valence-electron chi connectivity index (χ1n) is 9.81. The maximum absolute atomic E-state index is 3.57. The molecular weight excluding hydrogens is 270 g/mol. The Morgan fingerprint density at radius 1 is 0.545 bits per heavy atom. The molecule has 0 saturated carbocycles. The van der Waals surface area contributed by atoms with Gasteiger partial charge in [0, 0.05) is 5.54 Å². The second kappa shape index (κ2) is 17.3. The number of nitrogens with one attached hydrogen (secondary N) is 1. The monoisotopic (exact) mass is 315 g/mol. The molecule has 0 aromatic heterocycles. The molecule has 0 heterocycles. The molecule has 0 aromatic rings. The summed E-state index contributed by atoms with van der Waals surface area (Å²) >= 11 is 0. The van der Waals surface area contributed by atoms with Crippen molar-refractivity contribution in [3.63, 3.8) is 0 Å². The molecule has 22 heavy (non-hydrogen) atoms. The Hall–Kier alpha value is -0.0800. The summed E-state index contributed by atoms with van der Waals surface area (Å²) < 4.78 is 0. The van der Waals surface area contributed by atoms with Gasteiger partial charge in [0.2, 0.25) is 0 Å². The van der Waals surface area contributed by atoms with Gasteiger partial charge in [-0.2, -0.15) is 0 Å². The molecular formula is C20H45NO. The van der Waals surface area contributed by atoms with Gasteiger partial charge in [-0.1, -0.05) is 90.4 Å². The predicted molar refractivity (Wildman–Crippen MR) is 102 cm³/mol. The summed E-state index contributed by atoms with van der Waals surface area (Å²) in [5, 5.41) is 3.57. The van der Waals surface area contributed by atoms with Crippen molar-refractivity contribution in [1.82, 2.24) is 5.32 Å². The van der Waals surface area contributed by atoms with Crippen molar-refractivity contribution in [2.24, 2.45) is 0 Å². The van der Waals surface area contributed by atoms with E-state index in [2.05, 4.69) is 33.0 Å². The van der Waals surface area contributed by atoms with E-state index >= 15 is 0 Å². The van der Waals surface area contributed by atoms with Gasteiger partial charge in [-0.3, -0.25) is 0 Å². The molecule has 136 valence electrons. The van der Waals surface area contributed by atoms with Gasteiger partial charge in [0.15, 0.2) is 0 Å². The molecule has 2 nitrogen and oxygen atoms in total. The third kappa shape index (κ3) is 22.2. The van der Waals surface area contributed by atoms with Gasteiger partial charge in [-0.25, -0.2) is 0 Å². The zero-order valence-corrected chi connectivity index (χ0v) is 16.1. The van der Waals surface area contributed by atoms with Gasteiger partial charge in [-0.15, -0.1) is 0 Å². The van der Waals surface area contributed by atoms with E-state index in [-0.39, 0.29) is 11.0 Å². The van der Waals surface area contributed by atoms with Crippen molar-refractivity contribution in [3.8, 4) is 0 Å². The smallest absolute Gasteiger partial charge is 0.00965 e. The quantitative estimate of drug-likeness (QED) is 0.368. The highest BCUT2D eigenvalue weighted by atomic mass is 16.0. The lowest BCUT2D eigenvalue weighted by atomic mass is 10.0. The number of hydrogen-bond acceptors (Lipinski definition) is 1. The van der Waals surface area contributed by atoms with Crippen LogP contribution in [0, 0.1) is 0 Å². The molecule has 0 amide bonds. The van der Waals surface area contributed by atoms with Crippen molar-refractivity contribution in [2.45, 2.75) is 123 Å². The molecule has 0 bridgehead atoms. The van der Waals surface area contributed by atoms with Crippen molar-refractivity contribution in [3.05, 3.63) is 0 Å². The summed E-state index contributed by atoms with van der Waals surface area (Å²) in [6, 6.07) is 0. The van der Waals surface area contributed by atoms with Crippen LogP contribution >= 0.6 is 0 Å². The molecule has 0 spiro atoms. The number of hydrogen-bond donors (Lipinski definition) is 1. The minimum atomic E-state index is 0. The van der Waals surface area contributed by atoms with Crippen LogP contribution in [0.25, 0.3) is 0 Å². The van der Waals surface area contributed by atoms with Gasteiger partial charge in [0.05, 0.1) is 0 Å². The highest BCUT2D eigenvalue weighted by Crippen LogP contribution is 2.12. The average molecular weight is 316 g/mol. The predicted octanol–water partition coefficient (Wildman–Crippen LogP) is 6.03. The second-order valence-corrected chi connectivity index (χ2v) is 7.77. The average Bonchev–Trinajstić information content (AvgIpc) is 2.42. The summed E-state index contributed by atoms with van der Waals surface area (Å²) in [5.74, 6) is 0. The first-order chi connectivity index (χ1) is 10.1. The van der Waals surface area contributed by atoms with Crippen molar-refractivity contribution >= 4 is 0 Å². The molecule has 0 radical (unpaired) electrons. The van der Waals surface area contributed by atoms with E-state index in [0.717, 1.165) is 0 Å². The SMILES string of the molecule is CCCCCCCCCCCCCCCCNC(C)(C)C.O. The van der Waals surface area contributed by atoms with E-state index in [1.54, 1.807) is 0 Å². The second-order valence-electron chi connectivity index (χ2n) is 7.77. The molecule has 3 N–H and O–H groups in total. The molecule has 0 unspecified atom stereocenters. The maximum Gasteiger partial charge on any atom is 0.00965 e. The summed E-state index contributed by atoms with van der Waals surface area (Å²) in [4.78, 5) is 0. The lowest BCUT2D eigenvalue weighted by molar-refractivity contribution is 0.415. The van der Waals surface area contributed by atoms with E-state index in [9.17, 15) is 0 Å². The molecule has 0 atom stereocenters. The first kappa shape index (κ1) is 24.2. The van der Waals surface area contributed by atoms with Gasteiger partial charge >= 0.3 is 0 Å². The van der Waals surface area contributed by atoms with E-state index in [1.165, 1.54) is 96.4 Å². The zero-order valence-electron chi connectivity index (χ0n) is 16.1. The Balaban J connectivity index is 0. The van der Waals surface area contributed by atoms with Crippen LogP contribution in [0.1, 0.15) is 118 Å². The molecule has 2 heteroatoms. The van der Waals surface area contributed by atoms with Crippen LogP contribution in [0.4, 0.5) is 0 Å². The Kier molecular flexibility index (Phi) is 19.0. The fourth-order valence-corrected chi connectivity index (χ4v) is 2.78. The minimum Gasteiger partial charge on any atom is -0.412 e. The molecule has 0 rings (SSSR count). The normalized spacial score (nSPS) is 11.5. The molecule has 0 fully saturated rings. The Labute approximate surface area is 141 Å². The summed E-state index contributed by atoms with van der Waals surface area (Å²) in [7, 11) is 0. The summed E-state index contributed by atoms with van der Waals surface area (Å²) in [6.07, 6.45) is 20.2.